The van der Waals surface area contributed by atoms with Gasteiger partial charge in [-0.25, -0.2) is 9.55 Å². The molecule has 0 spiro atoms. The smallest absolute Gasteiger partial charge is 0.394 e. The average Bonchev–Trinajstić information content (AvgIpc) is 3.01. The SMILES string of the molecule is Nc1nc(=O)c2ncn([C@@H]3O[C@H](CO)[C@@H](O)[C@H]3O)c2n1P(=O)(O)O. The minimum Gasteiger partial charge on any atom is -0.394 e. The van der Waals surface area contributed by atoms with Crippen LogP contribution in [0.2, 0.25) is 0 Å². The second-order valence-corrected chi connectivity index (χ2v) is 6.58. The van der Waals surface area contributed by atoms with Crippen molar-refractivity contribution in [3.63, 3.8) is 0 Å². The summed E-state index contributed by atoms with van der Waals surface area (Å²) in [5.74, 6) is -0.755. The number of hydrogen-bond donors (Lipinski definition) is 6. The molecular formula is C10H14N5O8P. The maximum atomic E-state index is 11.8. The molecule has 0 saturated carbocycles. The lowest BCUT2D eigenvalue weighted by Crippen LogP contribution is -2.33. The maximum Gasteiger partial charge on any atom is 0.438 e. The van der Waals surface area contributed by atoms with Gasteiger partial charge in [-0.05, 0) is 0 Å². The molecule has 132 valence electrons. The number of aliphatic hydroxyl groups is 3. The van der Waals surface area contributed by atoms with Crippen molar-refractivity contribution in [2.24, 2.45) is 0 Å². The Morgan fingerprint density at radius 2 is 2.00 bits per heavy atom. The Morgan fingerprint density at radius 3 is 2.54 bits per heavy atom. The number of fused-ring (bicyclic) bond motifs is 1. The first-order chi connectivity index (χ1) is 11.2. The fraction of sp³-hybridized carbons (Fsp3) is 0.500. The lowest BCUT2D eigenvalue weighted by atomic mass is 10.1. The van der Waals surface area contributed by atoms with E-state index in [1.165, 1.54) is 0 Å². The zero-order valence-corrected chi connectivity index (χ0v) is 12.8. The van der Waals surface area contributed by atoms with Gasteiger partial charge in [-0.1, -0.05) is 0 Å². The molecule has 0 unspecified atom stereocenters. The van der Waals surface area contributed by atoms with Crippen LogP contribution in [0.4, 0.5) is 5.95 Å². The fourth-order valence-corrected chi connectivity index (χ4v) is 3.34. The molecule has 7 N–H and O–H groups in total. The van der Waals surface area contributed by atoms with Crippen LogP contribution in [0, 0.1) is 0 Å². The van der Waals surface area contributed by atoms with Crippen LogP contribution in [0.5, 0.6) is 0 Å². The summed E-state index contributed by atoms with van der Waals surface area (Å²) in [6.45, 7) is -0.601. The van der Waals surface area contributed by atoms with Gasteiger partial charge in [0.1, 0.15) is 18.3 Å². The Morgan fingerprint density at radius 1 is 1.33 bits per heavy atom. The van der Waals surface area contributed by atoms with E-state index in [4.69, 9.17) is 15.6 Å². The number of ether oxygens (including phenoxy) is 1. The van der Waals surface area contributed by atoms with Crippen molar-refractivity contribution in [3.8, 4) is 0 Å². The molecule has 1 aliphatic heterocycles. The number of aliphatic hydroxyl groups excluding tert-OH is 3. The van der Waals surface area contributed by atoms with Crippen LogP contribution in [0.1, 0.15) is 6.23 Å². The predicted molar refractivity (Wildman–Crippen MR) is 76.7 cm³/mol. The van der Waals surface area contributed by atoms with Gasteiger partial charge in [-0.3, -0.25) is 9.36 Å². The minimum absolute atomic E-state index is 0.283. The Hall–Kier alpha value is -1.86. The van der Waals surface area contributed by atoms with E-state index in [0.29, 0.717) is 0 Å². The van der Waals surface area contributed by atoms with Gasteiger partial charge in [0, 0.05) is 0 Å². The molecular weight excluding hydrogens is 349 g/mol. The van der Waals surface area contributed by atoms with Crippen molar-refractivity contribution in [1.29, 1.82) is 0 Å². The number of nitrogens with two attached hydrogens (primary N) is 1. The predicted octanol–water partition coefficient (Wildman–Crippen LogP) is -3.27. The quantitative estimate of drug-likeness (QED) is 0.298. The van der Waals surface area contributed by atoms with Crippen LogP contribution < -0.4 is 11.3 Å². The van der Waals surface area contributed by atoms with E-state index < -0.39 is 61.6 Å². The Balaban J connectivity index is 2.28. The van der Waals surface area contributed by atoms with Crippen LogP contribution in [0.3, 0.4) is 0 Å². The van der Waals surface area contributed by atoms with Crippen LogP contribution in [0.25, 0.3) is 11.2 Å². The average molecular weight is 363 g/mol. The highest BCUT2D eigenvalue weighted by molar-refractivity contribution is 7.50. The highest BCUT2D eigenvalue weighted by Crippen LogP contribution is 2.42. The molecule has 0 aromatic carbocycles. The van der Waals surface area contributed by atoms with Crippen molar-refractivity contribution >= 4 is 24.9 Å². The molecule has 2 aromatic rings. The zero-order chi connectivity index (χ0) is 17.8. The third-order valence-corrected chi connectivity index (χ3v) is 4.57. The lowest BCUT2D eigenvalue weighted by molar-refractivity contribution is -0.0512. The molecule has 1 aliphatic rings. The molecule has 3 rings (SSSR count). The van der Waals surface area contributed by atoms with Crippen LogP contribution in [-0.4, -0.2) is 68.9 Å². The Labute approximate surface area is 132 Å². The van der Waals surface area contributed by atoms with Gasteiger partial charge in [0.2, 0.25) is 5.95 Å². The lowest BCUT2D eigenvalue weighted by Gasteiger charge is -2.20. The molecule has 14 heteroatoms. The fourth-order valence-electron chi connectivity index (χ4n) is 2.58. The van der Waals surface area contributed by atoms with Crippen LogP contribution in [0.15, 0.2) is 11.1 Å². The standard InChI is InChI=1S/C10H14N5O8P/c11-10-13-7(19)4-8(15(10)24(20,21)22)14(2-12-4)9-6(18)5(17)3(1-16)23-9/h2-3,5-6,9,16-18H,1H2,(H2,11,13,19)(H2,20,21,22)/t3-,5-,6-,9-/m1/s1. The molecule has 0 aliphatic carbocycles. The number of rotatable bonds is 3. The number of hydrogen-bond acceptors (Lipinski definition) is 9. The number of anilines is 1. The number of nitrogens with zero attached hydrogens (tertiary/aromatic N) is 4. The van der Waals surface area contributed by atoms with Crippen molar-refractivity contribution in [3.05, 3.63) is 16.7 Å². The first kappa shape index (κ1) is 17.0. The summed E-state index contributed by atoms with van der Waals surface area (Å²) in [5, 5.41) is 29.0. The van der Waals surface area contributed by atoms with Gasteiger partial charge in [0.15, 0.2) is 17.4 Å². The summed E-state index contributed by atoms with van der Waals surface area (Å²) in [7, 11) is -5.03. The highest BCUT2D eigenvalue weighted by atomic mass is 31.2. The number of nitrogen functional groups attached to an aromatic ring is 1. The van der Waals surface area contributed by atoms with E-state index in [-0.39, 0.29) is 4.34 Å². The van der Waals surface area contributed by atoms with Crippen molar-refractivity contribution in [1.82, 2.24) is 18.9 Å². The van der Waals surface area contributed by atoms with Crippen molar-refractivity contribution < 1.29 is 34.4 Å². The first-order valence-electron chi connectivity index (χ1n) is 6.60. The third-order valence-electron chi connectivity index (χ3n) is 3.66. The second-order valence-electron chi connectivity index (χ2n) is 5.15. The molecule has 0 bridgehead atoms. The number of aromatic nitrogens is 4. The van der Waals surface area contributed by atoms with E-state index in [2.05, 4.69) is 9.97 Å². The van der Waals surface area contributed by atoms with Gasteiger partial charge in [0.05, 0.1) is 12.9 Å². The topological polar surface area (TPSA) is 206 Å². The molecule has 24 heavy (non-hydrogen) atoms. The van der Waals surface area contributed by atoms with E-state index in [1.54, 1.807) is 0 Å². The minimum atomic E-state index is -5.03. The van der Waals surface area contributed by atoms with E-state index in [9.17, 15) is 29.4 Å². The van der Waals surface area contributed by atoms with Gasteiger partial charge in [-0.2, -0.15) is 9.32 Å². The summed E-state index contributed by atoms with van der Waals surface area (Å²) >= 11 is 0. The molecule has 2 aromatic heterocycles. The van der Waals surface area contributed by atoms with E-state index in [0.717, 1.165) is 10.9 Å². The molecule has 13 nitrogen and oxygen atoms in total. The molecule has 4 atom stereocenters. The second kappa shape index (κ2) is 5.60. The molecule has 1 fully saturated rings. The summed E-state index contributed by atoms with van der Waals surface area (Å²) in [4.78, 5) is 37.8. The van der Waals surface area contributed by atoms with Gasteiger partial charge < -0.3 is 35.6 Å². The van der Waals surface area contributed by atoms with Crippen molar-refractivity contribution in [2.45, 2.75) is 24.5 Å². The third kappa shape index (κ3) is 2.43. The largest absolute Gasteiger partial charge is 0.438 e. The van der Waals surface area contributed by atoms with Crippen LogP contribution >= 0.6 is 7.75 Å². The zero-order valence-electron chi connectivity index (χ0n) is 11.9. The van der Waals surface area contributed by atoms with E-state index >= 15 is 0 Å². The summed E-state index contributed by atoms with van der Waals surface area (Å²) in [6.07, 6.45) is -4.50. The van der Waals surface area contributed by atoms with Crippen LogP contribution in [-0.2, 0) is 9.30 Å². The molecule has 0 radical (unpaired) electrons. The Bertz CT molecular complexity index is 889. The highest BCUT2D eigenvalue weighted by Gasteiger charge is 2.44. The summed E-state index contributed by atoms with van der Waals surface area (Å²) < 4.78 is 18.2. The Kier molecular flexibility index (Phi) is 3.96. The monoisotopic (exact) mass is 363 g/mol. The van der Waals surface area contributed by atoms with Crippen molar-refractivity contribution in [2.75, 3.05) is 12.3 Å². The van der Waals surface area contributed by atoms with E-state index in [1.807, 2.05) is 0 Å². The molecule has 1 saturated heterocycles. The van der Waals surface area contributed by atoms with Gasteiger partial charge in [0.25, 0.3) is 0 Å². The normalized spacial score (nSPS) is 27.9. The first-order valence-corrected chi connectivity index (χ1v) is 8.17. The van der Waals surface area contributed by atoms with Gasteiger partial charge >= 0.3 is 13.3 Å². The van der Waals surface area contributed by atoms with Gasteiger partial charge in [-0.15, -0.1) is 0 Å². The number of imidazole rings is 1. The summed E-state index contributed by atoms with van der Waals surface area (Å²) in [5.41, 5.74) is 3.66. The molecule has 3 heterocycles. The summed E-state index contributed by atoms with van der Waals surface area (Å²) in [6, 6.07) is 0. The maximum absolute atomic E-state index is 11.8. The molecule has 0 amide bonds.